The van der Waals surface area contributed by atoms with E-state index in [1.165, 1.54) is 10.6 Å². The molecule has 1 unspecified atom stereocenters. The molecule has 0 radical (unpaired) electrons. The van der Waals surface area contributed by atoms with Crippen LogP contribution in [0, 0.1) is 0 Å². The SMILES string of the molecule is CCn1cncc1CNC(C)c1ccc(Cl)s1. The topological polar surface area (TPSA) is 29.9 Å². The zero-order valence-corrected chi connectivity index (χ0v) is 11.6. The molecule has 3 nitrogen and oxygen atoms in total. The van der Waals surface area contributed by atoms with E-state index in [2.05, 4.69) is 34.8 Å². The zero-order chi connectivity index (χ0) is 12.3. The third kappa shape index (κ3) is 3.09. The first-order valence-corrected chi connectivity index (χ1v) is 6.87. The highest BCUT2D eigenvalue weighted by atomic mass is 35.5. The highest BCUT2D eigenvalue weighted by Gasteiger charge is 2.08. The van der Waals surface area contributed by atoms with Crippen LogP contribution in [-0.2, 0) is 13.1 Å². The number of hydrogen-bond donors (Lipinski definition) is 1. The molecular formula is C12H16ClN3S. The summed E-state index contributed by atoms with van der Waals surface area (Å²) in [6, 6.07) is 4.32. The van der Waals surface area contributed by atoms with E-state index in [-0.39, 0.29) is 0 Å². The van der Waals surface area contributed by atoms with Crippen LogP contribution in [0.15, 0.2) is 24.7 Å². The average molecular weight is 270 g/mol. The van der Waals surface area contributed by atoms with Crippen LogP contribution in [-0.4, -0.2) is 9.55 Å². The van der Waals surface area contributed by atoms with Gasteiger partial charge in [-0.2, -0.15) is 0 Å². The lowest BCUT2D eigenvalue weighted by Gasteiger charge is -2.12. The van der Waals surface area contributed by atoms with Gasteiger partial charge in [0.2, 0.25) is 0 Å². The molecule has 1 N–H and O–H groups in total. The minimum atomic E-state index is 0.313. The second-order valence-corrected chi connectivity index (χ2v) is 5.66. The van der Waals surface area contributed by atoms with Crippen molar-refractivity contribution in [3.05, 3.63) is 39.6 Å². The Kier molecular flexibility index (Phi) is 4.20. The highest BCUT2D eigenvalue weighted by Crippen LogP contribution is 2.26. The van der Waals surface area contributed by atoms with Gasteiger partial charge < -0.3 is 9.88 Å². The maximum Gasteiger partial charge on any atom is 0.0948 e. The molecule has 2 aromatic rings. The van der Waals surface area contributed by atoms with Crippen LogP contribution in [0.2, 0.25) is 4.34 Å². The van der Waals surface area contributed by atoms with E-state index in [4.69, 9.17) is 11.6 Å². The fraction of sp³-hybridized carbons (Fsp3) is 0.417. The Labute approximate surface area is 110 Å². The number of rotatable bonds is 5. The summed E-state index contributed by atoms with van der Waals surface area (Å²) in [7, 11) is 0. The van der Waals surface area contributed by atoms with Crippen LogP contribution in [0.5, 0.6) is 0 Å². The van der Waals surface area contributed by atoms with Crippen LogP contribution in [0.3, 0.4) is 0 Å². The van der Waals surface area contributed by atoms with Crippen LogP contribution >= 0.6 is 22.9 Å². The molecule has 5 heteroatoms. The lowest BCUT2D eigenvalue weighted by Crippen LogP contribution is -2.19. The van der Waals surface area contributed by atoms with E-state index in [1.807, 2.05) is 18.6 Å². The molecule has 0 amide bonds. The van der Waals surface area contributed by atoms with Crippen molar-refractivity contribution in [2.75, 3.05) is 0 Å². The fourth-order valence-electron chi connectivity index (χ4n) is 1.70. The number of hydrogen-bond acceptors (Lipinski definition) is 3. The van der Waals surface area contributed by atoms with E-state index in [9.17, 15) is 0 Å². The molecular weight excluding hydrogens is 254 g/mol. The quantitative estimate of drug-likeness (QED) is 0.901. The van der Waals surface area contributed by atoms with Crippen molar-refractivity contribution < 1.29 is 0 Å². The molecule has 0 fully saturated rings. The molecule has 0 aliphatic carbocycles. The lowest BCUT2D eigenvalue weighted by atomic mass is 10.2. The minimum absolute atomic E-state index is 0.313. The fourth-order valence-corrected chi connectivity index (χ4v) is 2.79. The van der Waals surface area contributed by atoms with E-state index >= 15 is 0 Å². The van der Waals surface area contributed by atoms with Gasteiger partial charge in [-0.1, -0.05) is 11.6 Å². The van der Waals surface area contributed by atoms with Crippen molar-refractivity contribution in [2.45, 2.75) is 33.0 Å². The van der Waals surface area contributed by atoms with Crippen molar-refractivity contribution in [1.82, 2.24) is 14.9 Å². The molecule has 0 spiro atoms. The molecule has 92 valence electrons. The average Bonchev–Trinajstić information content (AvgIpc) is 2.94. The predicted molar refractivity (Wildman–Crippen MR) is 72.5 cm³/mol. The number of thiophene rings is 1. The highest BCUT2D eigenvalue weighted by molar-refractivity contribution is 7.16. The van der Waals surface area contributed by atoms with E-state index in [0.29, 0.717) is 6.04 Å². The van der Waals surface area contributed by atoms with Gasteiger partial charge in [0.25, 0.3) is 0 Å². The summed E-state index contributed by atoms with van der Waals surface area (Å²) < 4.78 is 2.98. The summed E-state index contributed by atoms with van der Waals surface area (Å²) in [6.07, 6.45) is 3.77. The van der Waals surface area contributed by atoms with Crippen molar-refractivity contribution in [1.29, 1.82) is 0 Å². The molecule has 0 aromatic carbocycles. The molecule has 0 aliphatic heterocycles. The summed E-state index contributed by atoms with van der Waals surface area (Å²) >= 11 is 7.55. The van der Waals surface area contributed by atoms with Crippen molar-refractivity contribution in [3.63, 3.8) is 0 Å². The van der Waals surface area contributed by atoms with Gasteiger partial charge in [-0.3, -0.25) is 0 Å². The molecule has 0 aliphatic rings. The summed E-state index contributed by atoms with van der Waals surface area (Å²) in [5, 5.41) is 3.48. The van der Waals surface area contributed by atoms with Crippen molar-refractivity contribution in [2.24, 2.45) is 0 Å². The first kappa shape index (κ1) is 12.6. The van der Waals surface area contributed by atoms with Gasteiger partial charge in [0.05, 0.1) is 16.4 Å². The standard InChI is InChI=1S/C12H16ClN3S/c1-3-16-8-14-6-10(16)7-15-9(2)11-4-5-12(13)17-11/h4-6,8-9,15H,3,7H2,1-2H3. The van der Waals surface area contributed by atoms with Gasteiger partial charge >= 0.3 is 0 Å². The van der Waals surface area contributed by atoms with Crippen LogP contribution in [0.4, 0.5) is 0 Å². The Morgan fingerprint density at radius 1 is 1.53 bits per heavy atom. The number of halogens is 1. The Morgan fingerprint density at radius 2 is 2.35 bits per heavy atom. The van der Waals surface area contributed by atoms with Crippen LogP contribution in [0.25, 0.3) is 0 Å². The summed E-state index contributed by atoms with van der Waals surface area (Å²) in [5.41, 5.74) is 1.21. The monoisotopic (exact) mass is 269 g/mol. The second-order valence-electron chi connectivity index (χ2n) is 3.92. The van der Waals surface area contributed by atoms with Gasteiger partial charge in [0.15, 0.2) is 0 Å². The molecule has 2 heterocycles. The zero-order valence-electron chi connectivity index (χ0n) is 9.98. The van der Waals surface area contributed by atoms with E-state index in [1.54, 1.807) is 11.3 Å². The molecule has 17 heavy (non-hydrogen) atoms. The number of aromatic nitrogens is 2. The normalized spacial score (nSPS) is 12.9. The number of imidazole rings is 1. The van der Waals surface area contributed by atoms with Crippen molar-refractivity contribution >= 4 is 22.9 Å². The van der Waals surface area contributed by atoms with Gasteiger partial charge in [-0.25, -0.2) is 4.98 Å². The number of nitrogens with one attached hydrogen (secondary N) is 1. The molecule has 2 rings (SSSR count). The molecule has 0 saturated carbocycles. The first-order valence-electron chi connectivity index (χ1n) is 5.68. The van der Waals surface area contributed by atoms with Gasteiger partial charge in [-0.15, -0.1) is 11.3 Å². The van der Waals surface area contributed by atoms with Crippen LogP contribution < -0.4 is 5.32 Å². The van der Waals surface area contributed by atoms with Crippen molar-refractivity contribution in [3.8, 4) is 0 Å². The van der Waals surface area contributed by atoms with Gasteiger partial charge in [-0.05, 0) is 26.0 Å². The number of nitrogens with zero attached hydrogens (tertiary/aromatic N) is 2. The minimum Gasteiger partial charge on any atom is -0.334 e. The first-order chi connectivity index (χ1) is 8.20. The van der Waals surface area contributed by atoms with Gasteiger partial charge in [0, 0.05) is 30.2 Å². The molecule has 0 bridgehead atoms. The van der Waals surface area contributed by atoms with E-state index < -0.39 is 0 Å². The Bertz CT molecular complexity index is 478. The summed E-state index contributed by atoms with van der Waals surface area (Å²) in [4.78, 5) is 5.41. The smallest absolute Gasteiger partial charge is 0.0948 e. The summed E-state index contributed by atoms with van der Waals surface area (Å²) in [5.74, 6) is 0. The molecule has 2 aromatic heterocycles. The summed E-state index contributed by atoms with van der Waals surface area (Å²) in [6.45, 7) is 6.04. The van der Waals surface area contributed by atoms with E-state index in [0.717, 1.165) is 17.4 Å². The lowest BCUT2D eigenvalue weighted by molar-refractivity contribution is 0.556. The third-order valence-corrected chi connectivity index (χ3v) is 4.16. The second kappa shape index (κ2) is 5.67. The maximum atomic E-state index is 5.93. The largest absolute Gasteiger partial charge is 0.334 e. The third-order valence-electron chi connectivity index (χ3n) is 2.75. The Balaban J connectivity index is 1.94. The van der Waals surface area contributed by atoms with Crippen LogP contribution in [0.1, 0.15) is 30.5 Å². The Hall–Kier alpha value is -0.840. The van der Waals surface area contributed by atoms with Gasteiger partial charge in [0.1, 0.15) is 0 Å². The maximum absolute atomic E-state index is 5.93. The molecule has 1 atom stereocenters. The molecule has 0 saturated heterocycles. The predicted octanol–water partition coefficient (Wildman–Crippen LogP) is 3.47. The number of aryl methyl sites for hydroxylation is 1. The Morgan fingerprint density at radius 3 is 3.00 bits per heavy atom.